The van der Waals surface area contributed by atoms with Crippen molar-refractivity contribution in [2.24, 2.45) is 5.92 Å². The van der Waals surface area contributed by atoms with Crippen LogP contribution < -0.4 is 15.5 Å². The molecule has 0 aliphatic rings. The zero-order valence-electron chi connectivity index (χ0n) is 21.9. The fraction of sp³-hybridized carbons (Fsp3) is 0.310. The van der Waals surface area contributed by atoms with Crippen molar-refractivity contribution in [3.05, 3.63) is 95.6 Å². The van der Waals surface area contributed by atoms with Crippen LogP contribution in [0.25, 0.3) is 0 Å². The number of anilines is 1. The minimum absolute atomic E-state index is 0.163. The van der Waals surface area contributed by atoms with Gasteiger partial charge in [0, 0.05) is 31.6 Å². The number of benzene rings is 3. The molecule has 37 heavy (non-hydrogen) atoms. The second-order valence-electron chi connectivity index (χ2n) is 9.79. The minimum Gasteiger partial charge on any atom is -0.378 e. The molecule has 196 valence electrons. The first-order valence-electron chi connectivity index (χ1n) is 12.2. The van der Waals surface area contributed by atoms with Gasteiger partial charge in [0.15, 0.2) is 9.84 Å². The number of hydrogen-bond donors (Lipinski definition) is 2. The fourth-order valence-corrected chi connectivity index (χ4v) is 4.66. The zero-order valence-corrected chi connectivity index (χ0v) is 22.7. The Morgan fingerprint density at radius 1 is 0.838 bits per heavy atom. The minimum atomic E-state index is -3.36. The van der Waals surface area contributed by atoms with Gasteiger partial charge in [-0.05, 0) is 59.9 Å². The summed E-state index contributed by atoms with van der Waals surface area (Å²) in [5.74, 6) is -0.466. The van der Waals surface area contributed by atoms with Crippen LogP contribution in [0.5, 0.6) is 0 Å². The van der Waals surface area contributed by atoms with E-state index in [4.69, 9.17) is 0 Å². The number of nitrogens with zero attached hydrogens (tertiary/aromatic N) is 1. The van der Waals surface area contributed by atoms with Crippen molar-refractivity contribution in [1.82, 2.24) is 10.6 Å². The maximum Gasteiger partial charge on any atom is 0.251 e. The summed E-state index contributed by atoms with van der Waals surface area (Å²) in [4.78, 5) is 28.7. The molecule has 8 heteroatoms. The lowest BCUT2D eigenvalue weighted by atomic mass is 9.96. The lowest BCUT2D eigenvalue weighted by molar-refractivity contribution is -0.123. The summed E-state index contributed by atoms with van der Waals surface area (Å²) < 4.78 is 24.0. The Morgan fingerprint density at radius 3 is 2.05 bits per heavy atom. The number of rotatable bonds is 10. The van der Waals surface area contributed by atoms with Crippen molar-refractivity contribution in [3.63, 3.8) is 0 Å². The molecule has 0 saturated carbocycles. The van der Waals surface area contributed by atoms with Crippen molar-refractivity contribution in [1.29, 1.82) is 0 Å². The molecular formula is C29H35N3O4S. The predicted octanol–water partition coefficient (Wildman–Crippen LogP) is 4.21. The van der Waals surface area contributed by atoms with Gasteiger partial charge in [0.05, 0.1) is 10.9 Å². The molecule has 2 N–H and O–H groups in total. The summed E-state index contributed by atoms with van der Waals surface area (Å²) in [5, 5.41) is 6.01. The van der Waals surface area contributed by atoms with Gasteiger partial charge < -0.3 is 15.5 Å². The number of carbonyl (C=O) groups excluding carboxylic acids is 2. The van der Waals surface area contributed by atoms with Crippen LogP contribution in [0.4, 0.5) is 5.69 Å². The van der Waals surface area contributed by atoms with Crippen molar-refractivity contribution in [2.75, 3.05) is 25.3 Å². The van der Waals surface area contributed by atoms with Gasteiger partial charge >= 0.3 is 0 Å². The van der Waals surface area contributed by atoms with Crippen molar-refractivity contribution < 1.29 is 18.0 Å². The van der Waals surface area contributed by atoms with E-state index in [1.54, 1.807) is 48.5 Å². The second kappa shape index (κ2) is 12.1. The van der Waals surface area contributed by atoms with Crippen LogP contribution in [-0.4, -0.2) is 46.6 Å². The van der Waals surface area contributed by atoms with Gasteiger partial charge in [0.25, 0.3) is 5.91 Å². The second-order valence-corrected chi connectivity index (χ2v) is 11.8. The first-order valence-corrected chi connectivity index (χ1v) is 14.1. The molecule has 2 amide bonds. The van der Waals surface area contributed by atoms with Gasteiger partial charge in [-0.3, -0.25) is 9.59 Å². The lowest BCUT2D eigenvalue weighted by Crippen LogP contribution is -2.48. The van der Waals surface area contributed by atoms with E-state index in [0.29, 0.717) is 12.0 Å². The van der Waals surface area contributed by atoms with Gasteiger partial charge in [-0.25, -0.2) is 8.42 Å². The highest BCUT2D eigenvalue weighted by atomic mass is 32.2. The Labute approximate surface area is 219 Å². The quantitative estimate of drug-likeness (QED) is 0.417. The van der Waals surface area contributed by atoms with E-state index in [1.165, 1.54) is 0 Å². The van der Waals surface area contributed by atoms with E-state index in [-0.39, 0.29) is 22.6 Å². The van der Waals surface area contributed by atoms with Crippen LogP contribution in [0.1, 0.15) is 47.8 Å². The Balaban J connectivity index is 1.96. The third-order valence-corrected chi connectivity index (χ3v) is 7.14. The monoisotopic (exact) mass is 521 g/mol. The third kappa shape index (κ3) is 7.67. The number of amides is 2. The highest BCUT2D eigenvalue weighted by molar-refractivity contribution is 7.90. The Bertz CT molecular complexity index is 1320. The van der Waals surface area contributed by atoms with Gasteiger partial charge in [-0.2, -0.15) is 0 Å². The first kappa shape index (κ1) is 27.9. The molecule has 0 bridgehead atoms. The highest BCUT2D eigenvalue weighted by Gasteiger charge is 2.26. The molecule has 2 unspecified atom stereocenters. The molecule has 0 aromatic heterocycles. The number of hydrogen-bond acceptors (Lipinski definition) is 5. The molecule has 0 heterocycles. The van der Waals surface area contributed by atoms with E-state index in [0.717, 1.165) is 23.1 Å². The molecule has 0 aliphatic carbocycles. The van der Waals surface area contributed by atoms with Crippen molar-refractivity contribution in [2.45, 2.75) is 37.2 Å². The molecule has 0 saturated heterocycles. The summed E-state index contributed by atoms with van der Waals surface area (Å²) in [5.41, 5.74) is 3.01. The van der Waals surface area contributed by atoms with Crippen LogP contribution >= 0.6 is 0 Å². The van der Waals surface area contributed by atoms with Crippen molar-refractivity contribution in [3.8, 4) is 0 Å². The fourth-order valence-electron chi connectivity index (χ4n) is 4.03. The van der Waals surface area contributed by atoms with Crippen molar-refractivity contribution >= 4 is 27.3 Å². The molecule has 3 aromatic rings. The molecule has 0 radical (unpaired) electrons. The standard InChI is InChI=1S/C29H35N3O4S/c1-20(2)18-26(30-28(33)22-10-7-6-8-11-22)29(34)31-27(23-12-9-13-24(19-23)32(3)4)21-14-16-25(17-15-21)37(5,35)36/h6-17,19-20,26-27H,18H2,1-5H3,(H,30,33)(H,31,34). The smallest absolute Gasteiger partial charge is 0.251 e. The average Bonchev–Trinajstić information content (AvgIpc) is 2.86. The Morgan fingerprint density at radius 2 is 1.49 bits per heavy atom. The molecule has 2 atom stereocenters. The number of carbonyl (C=O) groups is 2. The van der Waals surface area contributed by atoms with E-state index in [1.807, 2.05) is 63.2 Å². The van der Waals surface area contributed by atoms with E-state index >= 15 is 0 Å². The van der Waals surface area contributed by atoms with Gasteiger partial charge in [-0.1, -0.05) is 56.3 Å². The van der Waals surface area contributed by atoms with Crippen LogP contribution in [-0.2, 0) is 14.6 Å². The molecule has 3 aromatic carbocycles. The molecule has 0 fully saturated rings. The average molecular weight is 522 g/mol. The third-order valence-electron chi connectivity index (χ3n) is 6.01. The summed E-state index contributed by atoms with van der Waals surface area (Å²) >= 11 is 0. The largest absolute Gasteiger partial charge is 0.378 e. The van der Waals surface area contributed by atoms with Crippen LogP contribution in [0.15, 0.2) is 83.8 Å². The lowest BCUT2D eigenvalue weighted by Gasteiger charge is -2.26. The summed E-state index contributed by atoms with van der Waals surface area (Å²) in [6, 6.07) is 21.8. The maximum atomic E-state index is 13.6. The summed E-state index contributed by atoms with van der Waals surface area (Å²) in [6.45, 7) is 3.99. The van der Waals surface area contributed by atoms with Gasteiger partial charge in [-0.15, -0.1) is 0 Å². The topological polar surface area (TPSA) is 95.6 Å². The predicted molar refractivity (Wildman–Crippen MR) is 147 cm³/mol. The van der Waals surface area contributed by atoms with Crippen LogP contribution in [0.2, 0.25) is 0 Å². The van der Waals surface area contributed by atoms with Gasteiger partial charge in [0.1, 0.15) is 6.04 Å². The molecule has 0 aliphatic heterocycles. The van der Waals surface area contributed by atoms with E-state index < -0.39 is 21.9 Å². The van der Waals surface area contributed by atoms with Crippen LogP contribution in [0.3, 0.4) is 0 Å². The number of nitrogens with one attached hydrogen (secondary N) is 2. The van der Waals surface area contributed by atoms with Gasteiger partial charge in [0.2, 0.25) is 5.91 Å². The molecule has 0 spiro atoms. The Kier molecular flexibility index (Phi) is 9.10. The molecule has 7 nitrogen and oxygen atoms in total. The summed E-state index contributed by atoms with van der Waals surface area (Å²) in [7, 11) is 0.513. The van der Waals surface area contributed by atoms with E-state index in [2.05, 4.69) is 10.6 Å². The number of sulfone groups is 1. The zero-order chi connectivity index (χ0) is 27.2. The summed E-state index contributed by atoms with van der Waals surface area (Å²) in [6.07, 6.45) is 1.62. The van der Waals surface area contributed by atoms with Crippen LogP contribution in [0, 0.1) is 5.92 Å². The normalized spacial score (nSPS) is 13.0. The first-order chi connectivity index (χ1) is 17.5. The molecular weight excluding hydrogens is 486 g/mol. The highest BCUT2D eigenvalue weighted by Crippen LogP contribution is 2.27. The maximum absolute atomic E-state index is 13.6. The molecule has 3 rings (SSSR count). The SMILES string of the molecule is CC(C)CC(NC(=O)c1ccccc1)C(=O)NC(c1ccc(S(C)(=O)=O)cc1)c1cccc(N(C)C)c1. The Hall–Kier alpha value is -3.65. The van der Waals surface area contributed by atoms with E-state index in [9.17, 15) is 18.0 Å².